The largest absolute Gasteiger partial charge is 0.453 e. The number of para-hydroxylation sites is 1. The number of methoxy groups -OCH3 is 1. The maximum atomic E-state index is 14.1. The quantitative estimate of drug-likeness (QED) is 0.118. The van der Waals surface area contributed by atoms with Crippen LogP contribution in [0.15, 0.2) is 102 Å². The first kappa shape index (κ1) is 34.1. The van der Waals surface area contributed by atoms with Crippen LogP contribution in [0.5, 0.6) is 0 Å². The van der Waals surface area contributed by atoms with Crippen LogP contribution >= 0.6 is 11.8 Å². The molecule has 4 atom stereocenters. The average molecular weight is 680 g/mol. The minimum absolute atomic E-state index is 0.0105. The maximum absolute atomic E-state index is 14.1. The van der Waals surface area contributed by atoms with Crippen LogP contribution in [0.4, 0.5) is 10.5 Å². The number of amides is 2. The number of carbonyl (C=O) groups is 2. The zero-order valence-corrected chi connectivity index (χ0v) is 28.6. The normalized spacial score (nSPS) is 18.2. The van der Waals surface area contributed by atoms with E-state index in [-0.39, 0.29) is 24.2 Å². The minimum atomic E-state index is -0.946. The highest BCUT2D eigenvalue weighted by atomic mass is 32.2. The topological polar surface area (TPSA) is 132 Å². The zero-order chi connectivity index (χ0) is 34.2. The molecule has 49 heavy (non-hydrogen) atoms. The molecule has 0 radical (unpaired) electrons. The fourth-order valence-corrected chi connectivity index (χ4v) is 7.31. The first-order chi connectivity index (χ1) is 23.9. The van der Waals surface area contributed by atoms with Gasteiger partial charge >= 0.3 is 6.09 Å². The van der Waals surface area contributed by atoms with Crippen molar-refractivity contribution in [2.24, 2.45) is 7.05 Å². The molecule has 0 spiro atoms. The van der Waals surface area contributed by atoms with Crippen molar-refractivity contribution in [2.45, 2.75) is 55.0 Å². The fraction of sp³-hybridized carbons (Fsp3) is 0.324. The summed E-state index contributed by atoms with van der Waals surface area (Å²) in [5.41, 5.74) is 4.27. The Morgan fingerprint density at radius 3 is 2.43 bits per heavy atom. The Morgan fingerprint density at radius 1 is 1.02 bits per heavy atom. The van der Waals surface area contributed by atoms with E-state index in [0.717, 1.165) is 51.5 Å². The number of hydrogen-bond acceptors (Lipinski definition) is 9. The zero-order valence-electron chi connectivity index (χ0n) is 27.8. The summed E-state index contributed by atoms with van der Waals surface area (Å²) in [4.78, 5) is 35.5. The van der Waals surface area contributed by atoms with E-state index >= 15 is 0 Å². The Balaban J connectivity index is 1.14. The van der Waals surface area contributed by atoms with E-state index in [1.165, 1.54) is 7.11 Å². The number of aromatic nitrogens is 4. The molecular formula is C37H41N7O4S. The lowest BCUT2D eigenvalue weighted by Gasteiger charge is -2.36. The third-order valence-electron chi connectivity index (χ3n) is 8.87. The van der Waals surface area contributed by atoms with Crippen molar-refractivity contribution in [3.63, 3.8) is 0 Å². The van der Waals surface area contributed by atoms with Gasteiger partial charge in [0.05, 0.1) is 30.9 Å². The molecule has 2 aromatic heterocycles. The number of anilines is 1. The Labute approximate surface area is 290 Å². The Hall–Kier alpha value is -4.78. The van der Waals surface area contributed by atoms with Crippen LogP contribution in [0.3, 0.4) is 0 Å². The number of thioether (sulfide) groups is 1. The molecule has 254 valence electrons. The number of morpholine rings is 1. The molecule has 2 amide bonds. The highest BCUT2D eigenvalue weighted by Gasteiger charge is 2.33. The molecule has 0 bridgehead atoms. The van der Waals surface area contributed by atoms with Crippen molar-refractivity contribution in [1.29, 1.82) is 0 Å². The summed E-state index contributed by atoms with van der Waals surface area (Å²) >= 11 is 1.65. The van der Waals surface area contributed by atoms with E-state index in [1.54, 1.807) is 29.0 Å². The van der Waals surface area contributed by atoms with Crippen LogP contribution in [0.25, 0.3) is 11.0 Å². The van der Waals surface area contributed by atoms with Crippen molar-refractivity contribution in [3.8, 4) is 0 Å². The minimum Gasteiger partial charge on any atom is -0.453 e. The first-order valence-corrected chi connectivity index (χ1v) is 17.4. The number of nitrogens with zero attached hydrogens (tertiary/aromatic N) is 4. The number of hydrogen-bond donors (Lipinski definition) is 3. The molecule has 1 saturated heterocycles. The smallest absolute Gasteiger partial charge is 0.407 e. The SMILES string of the molecule is COC(=O)NC(C(=O)Nc1ccccc1CCC1CNC(C)C(CSc2ncnc3c2cnn3C)O1)C(c1ccccc1)c1ccccc1. The molecule has 5 aromatic rings. The number of ether oxygens (including phenoxy) is 2. The van der Waals surface area contributed by atoms with E-state index < -0.39 is 18.1 Å². The van der Waals surface area contributed by atoms with Gasteiger partial charge in [-0.05, 0) is 42.5 Å². The second kappa shape index (κ2) is 16.1. The van der Waals surface area contributed by atoms with Gasteiger partial charge in [0, 0.05) is 37.0 Å². The molecule has 11 nitrogen and oxygen atoms in total. The van der Waals surface area contributed by atoms with Crippen LogP contribution in [-0.2, 0) is 27.7 Å². The summed E-state index contributed by atoms with van der Waals surface area (Å²) in [7, 11) is 3.17. The van der Waals surface area contributed by atoms with Gasteiger partial charge in [0.1, 0.15) is 17.4 Å². The van der Waals surface area contributed by atoms with Gasteiger partial charge in [-0.2, -0.15) is 5.10 Å². The second-order valence-corrected chi connectivity index (χ2v) is 13.1. The number of aryl methyl sites for hydroxylation is 2. The van der Waals surface area contributed by atoms with E-state index in [0.29, 0.717) is 12.1 Å². The molecule has 3 heterocycles. The van der Waals surface area contributed by atoms with Gasteiger partial charge in [0.15, 0.2) is 5.65 Å². The lowest BCUT2D eigenvalue weighted by atomic mass is 9.84. The van der Waals surface area contributed by atoms with Gasteiger partial charge in [0.2, 0.25) is 5.91 Å². The van der Waals surface area contributed by atoms with Gasteiger partial charge < -0.3 is 25.4 Å². The standard InChI is InChI=1S/C37H41N7O4S/c1-24-31(22-49-36-29-21-41-44(2)34(29)39-23-40-36)48-28(20-38-24)19-18-25-12-10-11-17-30(25)42-35(45)33(43-37(46)47-3)32(26-13-6-4-7-14-26)27-15-8-5-9-16-27/h4-17,21,23-24,28,31-33,38H,18-20,22H2,1-3H3,(H,42,45)(H,43,46). The second-order valence-electron chi connectivity index (χ2n) is 12.1. The lowest BCUT2D eigenvalue weighted by Crippen LogP contribution is -2.52. The van der Waals surface area contributed by atoms with Gasteiger partial charge in [-0.25, -0.2) is 14.8 Å². The molecular weight excluding hydrogens is 639 g/mol. The number of carbonyl (C=O) groups excluding carboxylic acids is 2. The Bertz CT molecular complexity index is 1820. The highest BCUT2D eigenvalue weighted by Crippen LogP contribution is 2.31. The summed E-state index contributed by atoms with van der Waals surface area (Å²) in [5.74, 6) is -0.0649. The van der Waals surface area contributed by atoms with Crippen molar-refractivity contribution < 1.29 is 19.1 Å². The molecule has 1 aliphatic heterocycles. The van der Waals surface area contributed by atoms with Crippen molar-refractivity contribution >= 4 is 40.5 Å². The predicted octanol–water partition coefficient (Wildman–Crippen LogP) is 5.33. The fourth-order valence-electron chi connectivity index (χ4n) is 6.20. The van der Waals surface area contributed by atoms with Crippen molar-refractivity contribution in [3.05, 3.63) is 114 Å². The predicted molar refractivity (Wildman–Crippen MR) is 191 cm³/mol. The van der Waals surface area contributed by atoms with Crippen LogP contribution in [-0.4, -0.2) is 75.4 Å². The molecule has 1 fully saturated rings. The van der Waals surface area contributed by atoms with Crippen LogP contribution in [0, 0.1) is 0 Å². The average Bonchev–Trinajstić information content (AvgIpc) is 3.52. The van der Waals surface area contributed by atoms with Crippen LogP contribution in [0.2, 0.25) is 0 Å². The van der Waals surface area contributed by atoms with Crippen LogP contribution in [0.1, 0.15) is 36.0 Å². The van der Waals surface area contributed by atoms with Crippen molar-refractivity contribution in [2.75, 3.05) is 24.7 Å². The molecule has 1 aliphatic rings. The summed E-state index contributed by atoms with van der Waals surface area (Å²) in [5, 5.41) is 15.7. The van der Waals surface area contributed by atoms with E-state index in [2.05, 4.69) is 37.9 Å². The lowest BCUT2D eigenvalue weighted by molar-refractivity contribution is -0.118. The number of fused-ring (bicyclic) bond motifs is 1. The maximum Gasteiger partial charge on any atom is 0.407 e. The summed E-state index contributed by atoms with van der Waals surface area (Å²) in [6, 6.07) is 26.4. The van der Waals surface area contributed by atoms with Crippen molar-refractivity contribution in [1.82, 2.24) is 30.4 Å². The summed E-state index contributed by atoms with van der Waals surface area (Å²) < 4.78 is 13.3. The molecule has 0 saturated carbocycles. The highest BCUT2D eigenvalue weighted by molar-refractivity contribution is 7.99. The number of benzene rings is 3. The molecule has 3 N–H and O–H groups in total. The van der Waals surface area contributed by atoms with Gasteiger partial charge in [0.25, 0.3) is 0 Å². The van der Waals surface area contributed by atoms with Gasteiger partial charge in [-0.3, -0.25) is 9.48 Å². The van der Waals surface area contributed by atoms with Gasteiger partial charge in [-0.1, -0.05) is 78.9 Å². The molecule has 3 aromatic carbocycles. The van der Waals surface area contributed by atoms with E-state index in [4.69, 9.17) is 9.47 Å². The third-order valence-corrected chi connectivity index (χ3v) is 9.97. The molecule has 4 unspecified atom stereocenters. The van der Waals surface area contributed by atoms with E-state index in [1.807, 2.05) is 92.0 Å². The summed E-state index contributed by atoms with van der Waals surface area (Å²) in [6.07, 6.45) is 4.12. The van der Waals surface area contributed by atoms with Gasteiger partial charge in [-0.15, -0.1) is 11.8 Å². The molecule has 6 rings (SSSR count). The molecule has 0 aliphatic carbocycles. The van der Waals surface area contributed by atoms with Crippen LogP contribution < -0.4 is 16.0 Å². The number of rotatable bonds is 12. The molecule has 12 heteroatoms. The Kier molecular flexibility index (Phi) is 11.2. The van der Waals surface area contributed by atoms with E-state index in [9.17, 15) is 9.59 Å². The third kappa shape index (κ3) is 8.27. The monoisotopic (exact) mass is 679 g/mol. The number of nitrogens with one attached hydrogen (secondary N) is 3. The number of alkyl carbamates (subject to hydrolysis) is 1. The first-order valence-electron chi connectivity index (χ1n) is 16.4. The Morgan fingerprint density at radius 2 is 1.71 bits per heavy atom. The summed E-state index contributed by atoms with van der Waals surface area (Å²) in [6.45, 7) is 2.88.